The smallest absolute Gasteiger partial charge is 0.373 e. The molecular weight excluding hydrogens is 100 g/mol. The standard InChI is InChI=1S/CH9B3N4/c1-5-4-7-2-6-3-8-4/h2-3,5-8H,1H3. The van der Waals surface area contributed by atoms with Gasteiger partial charge in [0.25, 0.3) is 15.1 Å². The molecule has 0 aromatic heterocycles. The van der Waals surface area contributed by atoms with Crippen molar-refractivity contribution in [2.24, 2.45) is 0 Å². The maximum atomic E-state index is 3.14. The average Bonchev–Trinajstić information content (AvgIpc) is 1.90. The summed E-state index contributed by atoms with van der Waals surface area (Å²) in [5.74, 6) is 0. The Bertz CT molecular complexity index is 62.3. The molecule has 0 aliphatic carbocycles. The van der Waals surface area contributed by atoms with Crippen molar-refractivity contribution in [2.45, 2.75) is 0 Å². The van der Waals surface area contributed by atoms with Crippen molar-refractivity contribution in [3.05, 3.63) is 0 Å². The Morgan fingerprint density at radius 2 is 2.00 bits per heavy atom. The summed E-state index contributed by atoms with van der Waals surface area (Å²) in [5, 5.41) is 12.4. The monoisotopic (exact) mass is 110 g/mol. The molecule has 1 heterocycles. The van der Waals surface area contributed by atoms with Crippen LogP contribution in [0.2, 0.25) is 0 Å². The second-order valence-corrected chi connectivity index (χ2v) is 1.73. The van der Waals surface area contributed by atoms with Gasteiger partial charge in [0.2, 0.25) is 0 Å². The molecule has 0 saturated carbocycles. The van der Waals surface area contributed by atoms with Crippen molar-refractivity contribution >= 4 is 22.2 Å². The van der Waals surface area contributed by atoms with E-state index < -0.39 is 0 Å². The van der Waals surface area contributed by atoms with Gasteiger partial charge in [-0.3, -0.25) is 0 Å². The summed E-state index contributed by atoms with van der Waals surface area (Å²) >= 11 is 0. The maximum absolute atomic E-state index is 3.14. The summed E-state index contributed by atoms with van der Waals surface area (Å²) in [7, 11) is 3.93. The molecule has 8 heavy (non-hydrogen) atoms. The minimum atomic E-state index is 0.274. The van der Waals surface area contributed by atoms with Crippen molar-refractivity contribution in [3.8, 4) is 0 Å². The summed E-state index contributed by atoms with van der Waals surface area (Å²) in [4.78, 5) is 0. The maximum Gasteiger partial charge on any atom is 0.373 e. The molecule has 0 spiro atoms. The van der Waals surface area contributed by atoms with E-state index in [2.05, 4.69) is 20.6 Å². The van der Waals surface area contributed by atoms with Gasteiger partial charge < -0.3 is 20.6 Å². The first-order valence-electron chi connectivity index (χ1n) is 2.78. The van der Waals surface area contributed by atoms with Crippen LogP contribution in [-0.4, -0.2) is 29.3 Å². The lowest BCUT2D eigenvalue weighted by molar-refractivity contribution is 1.08. The highest BCUT2D eigenvalue weighted by atomic mass is 15.1. The zero-order chi connectivity index (χ0) is 5.82. The van der Waals surface area contributed by atoms with Crippen molar-refractivity contribution in [1.82, 2.24) is 20.6 Å². The minimum Gasteiger partial charge on any atom is -0.377 e. The van der Waals surface area contributed by atoms with Crippen LogP contribution in [0.25, 0.3) is 0 Å². The third kappa shape index (κ3) is 1.52. The van der Waals surface area contributed by atoms with Crippen LogP contribution in [-0.2, 0) is 0 Å². The summed E-state index contributed by atoms with van der Waals surface area (Å²) < 4.78 is 0. The molecule has 0 unspecified atom stereocenters. The Kier molecular flexibility index (Phi) is 2.42. The van der Waals surface area contributed by atoms with Crippen LogP contribution in [0, 0.1) is 0 Å². The lowest BCUT2D eigenvalue weighted by Crippen LogP contribution is -2.68. The van der Waals surface area contributed by atoms with Gasteiger partial charge in [-0.05, 0) is 7.05 Å². The predicted molar refractivity (Wildman–Crippen MR) is 38.5 cm³/mol. The van der Waals surface area contributed by atoms with Gasteiger partial charge in [0.15, 0.2) is 0 Å². The van der Waals surface area contributed by atoms with Gasteiger partial charge in [0.05, 0.1) is 0 Å². The van der Waals surface area contributed by atoms with Crippen molar-refractivity contribution < 1.29 is 0 Å². The number of rotatable bonds is 1. The molecule has 1 aliphatic rings. The van der Waals surface area contributed by atoms with Gasteiger partial charge >= 0.3 is 7.12 Å². The average molecular weight is 110 g/mol. The SMILES string of the molecule is CNB1NBNBN1. The highest BCUT2D eigenvalue weighted by Gasteiger charge is 2.14. The van der Waals surface area contributed by atoms with Crippen LogP contribution in [0.4, 0.5) is 0 Å². The molecule has 0 aromatic rings. The lowest BCUT2D eigenvalue weighted by Gasteiger charge is -2.19. The van der Waals surface area contributed by atoms with E-state index in [1.54, 1.807) is 0 Å². The van der Waals surface area contributed by atoms with Gasteiger partial charge in [-0.15, -0.1) is 0 Å². The summed E-state index contributed by atoms with van der Waals surface area (Å²) in [6, 6.07) is 0. The van der Waals surface area contributed by atoms with Crippen molar-refractivity contribution in [3.63, 3.8) is 0 Å². The van der Waals surface area contributed by atoms with Gasteiger partial charge in [0, 0.05) is 0 Å². The van der Waals surface area contributed by atoms with Gasteiger partial charge in [-0.1, -0.05) is 0 Å². The molecule has 7 heteroatoms. The molecule has 0 atom stereocenters. The number of nitrogens with one attached hydrogen (secondary N) is 4. The molecule has 4 nitrogen and oxygen atoms in total. The highest BCUT2D eigenvalue weighted by molar-refractivity contribution is 6.73. The quantitative estimate of drug-likeness (QED) is 0.264. The molecule has 1 rings (SSSR count). The molecule has 1 fully saturated rings. The Morgan fingerprint density at radius 1 is 1.38 bits per heavy atom. The van der Waals surface area contributed by atoms with Gasteiger partial charge in [-0.25, -0.2) is 0 Å². The van der Waals surface area contributed by atoms with Crippen molar-refractivity contribution in [2.75, 3.05) is 7.05 Å². The van der Waals surface area contributed by atoms with Crippen LogP contribution in [0.1, 0.15) is 0 Å². The molecule has 1 saturated heterocycles. The Balaban J connectivity index is 2.13. The van der Waals surface area contributed by atoms with E-state index >= 15 is 0 Å². The van der Waals surface area contributed by atoms with E-state index in [4.69, 9.17) is 0 Å². The minimum absolute atomic E-state index is 0.274. The predicted octanol–water partition coefficient (Wildman–Crippen LogP) is -3.49. The summed E-state index contributed by atoms with van der Waals surface area (Å²) in [5.41, 5.74) is 0. The molecule has 42 valence electrons. The zero-order valence-electron chi connectivity index (χ0n) is 4.99. The highest BCUT2D eigenvalue weighted by Crippen LogP contribution is 1.61. The van der Waals surface area contributed by atoms with E-state index in [9.17, 15) is 0 Å². The van der Waals surface area contributed by atoms with Crippen LogP contribution in [0.5, 0.6) is 0 Å². The Hall–Kier alpha value is 0.0348. The Labute approximate surface area is 50.9 Å². The fourth-order valence-corrected chi connectivity index (χ4v) is 0.687. The van der Waals surface area contributed by atoms with E-state index in [-0.39, 0.29) is 7.12 Å². The van der Waals surface area contributed by atoms with E-state index in [0.717, 1.165) is 15.1 Å². The molecule has 0 amide bonds. The molecule has 1 aliphatic heterocycles. The zero-order valence-corrected chi connectivity index (χ0v) is 4.99. The van der Waals surface area contributed by atoms with E-state index in [1.807, 2.05) is 7.05 Å². The number of hydrogen-bond donors (Lipinski definition) is 4. The van der Waals surface area contributed by atoms with Crippen LogP contribution >= 0.6 is 0 Å². The first-order chi connectivity index (χ1) is 3.93. The largest absolute Gasteiger partial charge is 0.377 e. The van der Waals surface area contributed by atoms with Crippen LogP contribution in [0.15, 0.2) is 0 Å². The fraction of sp³-hybridized carbons (Fsp3) is 1.00. The third-order valence-corrected chi connectivity index (χ3v) is 1.15. The van der Waals surface area contributed by atoms with Crippen LogP contribution < -0.4 is 20.6 Å². The summed E-state index contributed by atoms with van der Waals surface area (Å²) in [6.45, 7) is 0. The molecule has 0 bridgehead atoms. The summed E-state index contributed by atoms with van der Waals surface area (Å²) in [6.07, 6.45) is 0. The normalized spacial score (nSPS) is 19.4. The molecule has 4 N–H and O–H groups in total. The molecular formula is CH9B3N4. The second-order valence-electron chi connectivity index (χ2n) is 1.73. The molecule has 0 aromatic carbocycles. The Morgan fingerprint density at radius 3 is 2.38 bits per heavy atom. The first-order valence-corrected chi connectivity index (χ1v) is 2.78. The third-order valence-electron chi connectivity index (χ3n) is 1.15. The van der Waals surface area contributed by atoms with E-state index in [1.165, 1.54) is 0 Å². The second kappa shape index (κ2) is 3.14. The molecule has 0 radical (unpaired) electrons. The fourth-order valence-electron chi connectivity index (χ4n) is 0.687. The topological polar surface area (TPSA) is 48.1 Å². The lowest BCUT2D eigenvalue weighted by atomic mass is 9.76. The van der Waals surface area contributed by atoms with Crippen molar-refractivity contribution in [1.29, 1.82) is 0 Å². The first kappa shape index (κ1) is 6.16. The van der Waals surface area contributed by atoms with Gasteiger partial charge in [-0.2, -0.15) is 0 Å². The van der Waals surface area contributed by atoms with Gasteiger partial charge in [0.1, 0.15) is 0 Å². The van der Waals surface area contributed by atoms with E-state index in [0.29, 0.717) is 0 Å². The number of hydrogen-bond acceptors (Lipinski definition) is 4. The van der Waals surface area contributed by atoms with Crippen LogP contribution in [0.3, 0.4) is 0 Å².